The summed E-state index contributed by atoms with van der Waals surface area (Å²) in [5.74, 6) is -2.15. The zero-order chi connectivity index (χ0) is 25.3. The average molecular weight is 469 g/mol. The number of rotatable bonds is 9. The first-order valence-electron chi connectivity index (χ1n) is 10.1. The van der Waals surface area contributed by atoms with Crippen molar-refractivity contribution in [2.24, 2.45) is 5.73 Å². The Morgan fingerprint density at radius 2 is 1.73 bits per heavy atom. The van der Waals surface area contributed by atoms with E-state index in [1.807, 2.05) is 0 Å². The summed E-state index contributed by atoms with van der Waals surface area (Å²) in [7, 11) is 0. The van der Waals surface area contributed by atoms with Crippen molar-refractivity contribution in [1.29, 1.82) is 0 Å². The summed E-state index contributed by atoms with van der Waals surface area (Å²) >= 11 is 0. The van der Waals surface area contributed by atoms with E-state index in [1.165, 1.54) is 6.92 Å². The predicted octanol–water partition coefficient (Wildman–Crippen LogP) is 0.311. The molecule has 1 aromatic rings. The van der Waals surface area contributed by atoms with Crippen molar-refractivity contribution in [3.05, 3.63) is 33.9 Å². The van der Waals surface area contributed by atoms with E-state index in [2.05, 4.69) is 0 Å². The summed E-state index contributed by atoms with van der Waals surface area (Å²) in [6.45, 7) is 3.47. The summed E-state index contributed by atoms with van der Waals surface area (Å²) in [6, 6.07) is 0. The van der Waals surface area contributed by atoms with Crippen LogP contribution in [-0.2, 0) is 27.4 Å². The van der Waals surface area contributed by atoms with Crippen molar-refractivity contribution in [2.45, 2.75) is 52.2 Å². The monoisotopic (exact) mass is 469 g/mol. The highest BCUT2D eigenvalue weighted by molar-refractivity contribution is 5.99. The van der Waals surface area contributed by atoms with Gasteiger partial charge in [-0.25, -0.2) is 4.79 Å². The Balaban J connectivity index is 0.000000582. The molecule has 0 aromatic heterocycles. The molecular formula is C22H31NO10. The summed E-state index contributed by atoms with van der Waals surface area (Å²) < 4.78 is 10.2. The van der Waals surface area contributed by atoms with E-state index >= 15 is 0 Å². The third-order valence-corrected chi connectivity index (χ3v) is 5.03. The van der Waals surface area contributed by atoms with Crippen molar-refractivity contribution in [3.8, 4) is 11.5 Å². The lowest BCUT2D eigenvalue weighted by Gasteiger charge is -2.20. The SMILES string of the molecule is CC(=O)Oc1c(C/C=C(\C)CCC(=O)O)c(O)c(C)c2c1C(=O)OC2.NC(CO)(CO)CO. The molecule has 0 atom stereocenters. The molecule has 0 spiro atoms. The van der Waals surface area contributed by atoms with E-state index in [4.69, 9.17) is 35.6 Å². The van der Waals surface area contributed by atoms with Crippen LogP contribution in [0.3, 0.4) is 0 Å². The van der Waals surface area contributed by atoms with E-state index < -0.39 is 43.3 Å². The van der Waals surface area contributed by atoms with Crippen molar-refractivity contribution in [1.82, 2.24) is 0 Å². The minimum atomic E-state index is -1.21. The number of carbonyl (C=O) groups excluding carboxylic acids is 2. The van der Waals surface area contributed by atoms with E-state index in [1.54, 1.807) is 19.9 Å². The first-order valence-corrected chi connectivity index (χ1v) is 10.1. The third kappa shape index (κ3) is 7.53. The van der Waals surface area contributed by atoms with Gasteiger partial charge in [0.1, 0.15) is 17.9 Å². The van der Waals surface area contributed by atoms with Gasteiger partial charge >= 0.3 is 17.9 Å². The van der Waals surface area contributed by atoms with Gasteiger partial charge in [-0.1, -0.05) is 11.6 Å². The molecule has 0 aliphatic carbocycles. The second-order valence-corrected chi connectivity index (χ2v) is 7.79. The van der Waals surface area contributed by atoms with Gasteiger partial charge in [-0.05, 0) is 32.3 Å². The smallest absolute Gasteiger partial charge is 0.342 e. The number of carboxylic acid groups (broad SMARTS) is 1. The van der Waals surface area contributed by atoms with E-state index in [9.17, 15) is 19.5 Å². The maximum Gasteiger partial charge on any atom is 0.342 e. The third-order valence-electron chi connectivity index (χ3n) is 5.03. The van der Waals surface area contributed by atoms with Crippen LogP contribution in [0.5, 0.6) is 11.5 Å². The Bertz CT molecular complexity index is 910. The zero-order valence-corrected chi connectivity index (χ0v) is 18.9. The number of fused-ring (bicyclic) bond motifs is 1. The number of benzene rings is 1. The molecule has 0 bridgehead atoms. The lowest BCUT2D eigenvalue weighted by molar-refractivity contribution is -0.137. The molecule has 184 valence electrons. The summed E-state index contributed by atoms with van der Waals surface area (Å²) in [6.07, 6.45) is 2.31. The number of aliphatic hydroxyl groups excluding tert-OH is 3. The van der Waals surface area contributed by atoms with Gasteiger partial charge in [0.2, 0.25) is 0 Å². The molecular weight excluding hydrogens is 438 g/mol. The number of carboxylic acids is 1. The number of carbonyl (C=O) groups is 3. The molecule has 7 N–H and O–H groups in total. The summed E-state index contributed by atoms with van der Waals surface area (Å²) in [5, 5.41) is 44.2. The highest BCUT2D eigenvalue weighted by atomic mass is 16.6. The van der Waals surface area contributed by atoms with Crippen LogP contribution in [0.25, 0.3) is 0 Å². The molecule has 1 aliphatic rings. The number of nitrogens with two attached hydrogens (primary N) is 1. The number of hydrogen-bond acceptors (Lipinski definition) is 10. The van der Waals surface area contributed by atoms with Gasteiger partial charge in [-0.15, -0.1) is 0 Å². The fraction of sp³-hybridized carbons (Fsp3) is 0.500. The average Bonchev–Trinajstić information content (AvgIpc) is 3.16. The van der Waals surface area contributed by atoms with Crippen LogP contribution >= 0.6 is 0 Å². The Hall–Kier alpha value is -2.99. The number of phenols is 1. The van der Waals surface area contributed by atoms with E-state index in [-0.39, 0.29) is 36.5 Å². The molecule has 0 unspecified atom stereocenters. The van der Waals surface area contributed by atoms with Crippen LogP contribution in [0.15, 0.2) is 11.6 Å². The van der Waals surface area contributed by atoms with Crippen LogP contribution in [-0.4, -0.2) is 68.8 Å². The zero-order valence-electron chi connectivity index (χ0n) is 18.9. The predicted molar refractivity (Wildman–Crippen MR) is 116 cm³/mol. The van der Waals surface area contributed by atoms with Crippen LogP contribution in [0.4, 0.5) is 0 Å². The van der Waals surface area contributed by atoms with Gasteiger partial charge in [0, 0.05) is 24.5 Å². The topological polar surface area (TPSA) is 197 Å². The molecule has 1 heterocycles. The van der Waals surface area contributed by atoms with Crippen molar-refractivity contribution < 1.29 is 49.4 Å². The van der Waals surface area contributed by atoms with Crippen molar-refractivity contribution in [2.75, 3.05) is 19.8 Å². The molecule has 1 aromatic carbocycles. The molecule has 2 rings (SSSR count). The van der Waals surface area contributed by atoms with Gasteiger partial charge in [0.15, 0.2) is 5.75 Å². The number of ether oxygens (including phenoxy) is 2. The highest BCUT2D eigenvalue weighted by Gasteiger charge is 2.33. The largest absolute Gasteiger partial charge is 0.507 e. The molecule has 0 saturated heterocycles. The van der Waals surface area contributed by atoms with Gasteiger partial charge in [0.05, 0.1) is 25.4 Å². The van der Waals surface area contributed by atoms with E-state index in [0.29, 0.717) is 23.1 Å². The standard InChI is InChI=1S/C18H20O7.C4H11NO3/c1-9(5-7-14(20)21)4-6-12-16(22)10(2)13-8-24-18(23)15(13)17(12)25-11(3)19;5-4(1-6,2-7)3-8/h4,22H,5-8H2,1-3H3,(H,20,21);6-8H,1-3,5H2/b9-4+;. The molecule has 1 aliphatic heterocycles. The number of allylic oxidation sites excluding steroid dienone is 2. The Morgan fingerprint density at radius 3 is 2.18 bits per heavy atom. The molecule has 11 nitrogen and oxygen atoms in total. The van der Waals surface area contributed by atoms with Gasteiger partial charge in [0.25, 0.3) is 0 Å². The lowest BCUT2D eigenvalue weighted by Crippen LogP contribution is -2.50. The maximum atomic E-state index is 12.0. The highest BCUT2D eigenvalue weighted by Crippen LogP contribution is 2.42. The van der Waals surface area contributed by atoms with Crippen LogP contribution in [0, 0.1) is 6.92 Å². The van der Waals surface area contributed by atoms with Crippen molar-refractivity contribution in [3.63, 3.8) is 0 Å². The number of cyclic esters (lactones) is 1. The number of hydrogen-bond donors (Lipinski definition) is 6. The summed E-state index contributed by atoms with van der Waals surface area (Å²) in [5.41, 5.74) is 6.23. The van der Waals surface area contributed by atoms with Crippen molar-refractivity contribution >= 4 is 17.9 Å². The normalized spacial score (nSPS) is 13.1. The molecule has 33 heavy (non-hydrogen) atoms. The number of aliphatic carboxylic acids is 1. The van der Waals surface area contributed by atoms with Crippen LogP contribution in [0.2, 0.25) is 0 Å². The second kappa shape index (κ2) is 12.3. The van der Waals surface area contributed by atoms with Crippen LogP contribution in [0.1, 0.15) is 53.7 Å². The lowest BCUT2D eigenvalue weighted by atomic mass is 9.94. The Kier molecular flexibility index (Phi) is 10.5. The number of phenolic OH excluding ortho intramolecular Hbond substituents is 1. The number of aromatic hydroxyl groups is 1. The molecule has 0 fully saturated rings. The van der Waals surface area contributed by atoms with Gasteiger partial charge < -0.3 is 40.7 Å². The first-order chi connectivity index (χ1) is 15.4. The molecule has 11 heteroatoms. The first kappa shape index (κ1) is 28.0. The van der Waals surface area contributed by atoms with Gasteiger partial charge in [-0.2, -0.15) is 0 Å². The summed E-state index contributed by atoms with van der Waals surface area (Å²) in [4.78, 5) is 34.1. The minimum absolute atomic E-state index is 0.000655. The van der Waals surface area contributed by atoms with E-state index in [0.717, 1.165) is 5.57 Å². The fourth-order valence-corrected chi connectivity index (χ4v) is 2.84. The maximum absolute atomic E-state index is 12.0. The number of aliphatic hydroxyl groups is 3. The van der Waals surface area contributed by atoms with Gasteiger partial charge in [-0.3, -0.25) is 9.59 Å². The Labute approximate surface area is 191 Å². The quantitative estimate of drug-likeness (QED) is 0.165. The number of esters is 2. The van der Waals surface area contributed by atoms with Crippen LogP contribution < -0.4 is 10.5 Å². The second-order valence-electron chi connectivity index (χ2n) is 7.79. The minimum Gasteiger partial charge on any atom is -0.507 e. The fourth-order valence-electron chi connectivity index (χ4n) is 2.84. The molecule has 0 saturated carbocycles. The molecule has 0 amide bonds. The Morgan fingerprint density at radius 1 is 1.15 bits per heavy atom. The molecule has 0 radical (unpaired) electrons.